The van der Waals surface area contributed by atoms with Crippen LogP contribution < -0.4 is 0 Å². The van der Waals surface area contributed by atoms with Crippen molar-refractivity contribution in [3.05, 3.63) is 0 Å². The lowest BCUT2D eigenvalue weighted by Crippen LogP contribution is -2.16. The van der Waals surface area contributed by atoms with Crippen LogP contribution in [0.15, 0.2) is 0 Å². The van der Waals surface area contributed by atoms with Crippen molar-refractivity contribution in [1.29, 1.82) is 0 Å². The van der Waals surface area contributed by atoms with Gasteiger partial charge in [0.05, 0.1) is 0 Å². The van der Waals surface area contributed by atoms with E-state index in [0.29, 0.717) is 25.4 Å². The third-order valence-corrected chi connectivity index (χ3v) is 9.53. The second-order valence-electron chi connectivity index (χ2n) is 6.08. The topological polar surface area (TPSA) is 112 Å². The highest BCUT2D eigenvalue weighted by Crippen LogP contribution is 2.55. The van der Waals surface area contributed by atoms with Crippen LogP contribution in [0.1, 0.15) is 66.2 Å². The maximum absolute atomic E-state index is 12.0. The van der Waals surface area contributed by atoms with E-state index in [4.69, 9.17) is 4.89 Å². The highest BCUT2D eigenvalue weighted by atomic mass is 31.2. The number of hydrogen-bond donors (Lipinski definition) is 3. The number of unbranched alkanes of at least 4 members (excludes halogenated alkanes) is 2. The summed E-state index contributed by atoms with van der Waals surface area (Å²) in [6, 6.07) is 0. The quantitative estimate of drug-likeness (QED) is 0.310. The maximum atomic E-state index is 12.0. The Kier molecular flexibility index (Phi) is 16.2. The average molecular weight is 405 g/mol. The van der Waals surface area contributed by atoms with Gasteiger partial charge >= 0.3 is 8.03 Å². The van der Waals surface area contributed by atoms with E-state index in [0.717, 1.165) is 19.3 Å². The summed E-state index contributed by atoms with van der Waals surface area (Å²) >= 11 is 0. The van der Waals surface area contributed by atoms with Gasteiger partial charge in [-0.05, 0) is 36.7 Å². The molecule has 0 radical (unpaired) electrons. The first kappa shape index (κ1) is 26.7. The first-order valence-electron chi connectivity index (χ1n) is 8.82. The zero-order chi connectivity index (χ0) is 19.2. The Morgan fingerprint density at radius 1 is 0.917 bits per heavy atom. The Hall–Kier alpha value is 0.440. The molecule has 0 heterocycles. The first-order chi connectivity index (χ1) is 11.1. The van der Waals surface area contributed by atoms with Crippen molar-refractivity contribution in [3.8, 4) is 0 Å². The van der Waals surface area contributed by atoms with Crippen molar-refractivity contribution in [2.75, 3.05) is 24.6 Å². The van der Waals surface area contributed by atoms with Gasteiger partial charge in [-0.15, -0.1) is 0 Å². The van der Waals surface area contributed by atoms with Crippen LogP contribution >= 0.6 is 22.8 Å². The van der Waals surface area contributed by atoms with Gasteiger partial charge in [-0.2, -0.15) is 4.89 Å². The van der Waals surface area contributed by atoms with Gasteiger partial charge in [0.15, 0.2) is 6.16 Å². The fourth-order valence-corrected chi connectivity index (χ4v) is 7.97. The van der Waals surface area contributed by atoms with Crippen LogP contribution in [0.4, 0.5) is 0 Å². The lowest BCUT2D eigenvalue weighted by atomic mass is 10.3. The van der Waals surface area contributed by atoms with E-state index in [2.05, 4.69) is 6.92 Å². The van der Waals surface area contributed by atoms with E-state index in [-0.39, 0.29) is 18.5 Å². The van der Waals surface area contributed by atoms with E-state index in [1.54, 1.807) is 6.92 Å². The Balaban J connectivity index is 0. The van der Waals surface area contributed by atoms with Crippen LogP contribution in [0.25, 0.3) is 0 Å². The lowest BCUT2D eigenvalue weighted by Gasteiger charge is -2.23. The van der Waals surface area contributed by atoms with E-state index >= 15 is 0 Å². The summed E-state index contributed by atoms with van der Waals surface area (Å²) in [6.45, 7) is 7.56. The predicted octanol–water partition coefficient (Wildman–Crippen LogP) is 5.04. The van der Waals surface area contributed by atoms with Crippen LogP contribution in [-0.2, 0) is 13.7 Å². The summed E-state index contributed by atoms with van der Waals surface area (Å²) in [5.41, 5.74) is -0.519. The summed E-state index contributed by atoms with van der Waals surface area (Å²) in [5.74, 6) is 0. The Bertz CT molecular complexity index is 427. The minimum absolute atomic E-state index is 0.00881. The fraction of sp³-hybridized carbons (Fsp3) is 1.00. The summed E-state index contributed by atoms with van der Waals surface area (Å²) < 4.78 is 33.7. The molecule has 0 amide bonds. The maximum Gasteiger partial charge on any atom is 0.505 e. The molecule has 6 nitrogen and oxygen atoms in total. The van der Waals surface area contributed by atoms with Gasteiger partial charge in [0, 0.05) is 24.1 Å². The molecule has 4 unspecified atom stereocenters. The standard InChI is InChI=1S/C10H24O4P2.C5H11O2P/c1-4-7-15(11,12)9-10(6-3)16(13,14)8-5-2;1-2-3-4-5-8(6)7/h10H,4-9H2,1-3H3,(H,11,12)(H,13,14);2-5H2,1H3/p+1. The van der Waals surface area contributed by atoms with Crippen molar-refractivity contribution < 1.29 is 28.4 Å². The largest absolute Gasteiger partial charge is 0.505 e. The van der Waals surface area contributed by atoms with Crippen molar-refractivity contribution in [2.24, 2.45) is 0 Å². The molecule has 0 rings (SSSR count). The summed E-state index contributed by atoms with van der Waals surface area (Å²) in [6.07, 6.45) is 5.79. The molecule has 9 heteroatoms. The summed E-state index contributed by atoms with van der Waals surface area (Å²) in [4.78, 5) is 27.8. The Morgan fingerprint density at radius 3 is 1.83 bits per heavy atom. The molecule has 0 aliphatic rings. The minimum Gasteiger partial charge on any atom is -0.344 e. The molecule has 3 N–H and O–H groups in total. The first-order valence-corrected chi connectivity index (χ1v) is 14.2. The van der Waals surface area contributed by atoms with E-state index in [1.807, 2.05) is 13.8 Å². The van der Waals surface area contributed by atoms with Crippen molar-refractivity contribution >= 4 is 22.8 Å². The van der Waals surface area contributed by atoms with Gasteiger partial charge in [0.25, 0.3) is 0 Å². The van der Waals surface area contributed by atoms with Gasteiger partial charge < -0.3 is 9.79 Å². The smallest absolute Gasteiger partial charge is 0.344 e. The highest BCUT2D eigenvalue weighted by Gasteiger charge is 2.34. The average Bonchev–Trinajstić information content (AvgIpc) is 2.45. The molecule has 4 atom stereocenters. The Labute approximate surface area is 148 Å². The minimum atomic E-state index is -3.26. The van der Waals surface area contributed by atoms with Gasteiger partial charge in [-0.3, -0.25) is 9.13 Å². The van der Waals surface area contributed by atoms with Gasteiger partial charge in [0.1, 0.15) is 0 Å². The van der Waals surface area contributed by atoms with Crippen molar-refractivity contribution in [1.82, 2.24) is 0 Å². The zero-order valence-electron chi connectivity index (χ0n) is 15.6. The molecule has 0 saturated heterocycles. The second kappa shape index (κ2) is 14.6. The Morgan fingerprint density at radius 2 is 1.46 bits per heavy atom. The van der Waals surface area contributed by atoms with Crippen LogP contribution in [0.2, 0.25) is 0 Å². The molecule has 0 aromatic carbocycles. The molecule has 0 aliphatic carbocycles. The molecule has 0 saturated carbocycles. The van der Waals surface area contributed by atoms with Crippen LogP contribution in [0, 0.1) is 0 Å². The van der Waals surface area contributed by atoms with Crippen LogP contribution in [-0.4, -0.2) is 45.0 Å². The highest BCUT2D eigenvalue weighted by molar-refractivity contribution is 7.62. The molecule has 0 spiro atoms. The van der Waals surface area contributed by atoms with Crippen molar-refractivity contribution in [2.45, 2.75) is 71.9 Å². The number of rotatable bonds is 12. The molecular formula is C15H36O6P3+. The fourth-order valence-electron chi connectivity index (χ4n) is 2.31. The molecule has 0 aliphatic heterocycles. The van der Waals surface area contributed by atoms with Gasteiger partial charge in [-0.1, -0.05) is 34.1 Å². The SMILES string of the molecule is CCCCC[P+](=O)O.CCCP(=O)(O)CC(CC)P(=O)(O)CCC. The summed E-state index contributed by atoms with van der Waals surface area (Å²) in [5, 5.41) is 0. The molecule has 0 bridgehead atoms. The molecule has 24 heavy (non-hydrogen) atoms. The predicted molar refractivity (Wildman–Crippen MR) is 103 cm³/mol. The van der Waals surface area contributed by atoms with Gasteiger partial charge in [0.2, 0.25) is 14.7 Å². The molecule has 0 fully saturated rings. The normalized spacial score (nSPS) is 17.9. The van der Waals surface area contributed by atoms with E-state index in [1.165, 1.54) is 0 Å². The number of hydrogen-bond acceptors (Lipinski definition) is 3. The molecule has 0 aromatic rings. The van der Waals surface area contributed by atoms with Crippen LogP contribution in [0.3, 0.4) is 0 Å². The molecular weight excluding hydrogens is 369 g/mol. The van der Waals surface area contributed by atoms with Gasteiger partial charge in [-0.25, -0.2) is 0 Å². The van der Waals surface area contributed by atoms with E-state index in [9.17, 15) is 23.5 Å². The third-order valence-electron chi connectivity index (χ3n) is 3.61. The molecule has 146 valence electrons. The second-order valence-corrected chi connectivity index (χ2v) is 12.4. The monoisotopic (exact) mass is 405 g/mol. The van der Waals surface area contributed by atoms with E-state index < -0.39 is 28.4 Å². The zero-order valence-corrected chi connectivity index (χ0v) is 18.2. The van der Waals surface area contributed by atoms with Crippen LogP contribution in [0.5, 0.6) is 0 Å². The third kappa shape index (κ3) is 14.8. The molecule has 0 aromatic heterocycles. The summed E-state index contributed by atoms with van der Waals surface area (Å²) in [7, 11) is -8.33. The lowest BCUT2D eigenvalue weighted by molar-refractivity contribution is 0.450. The van der Waals surface area contributed by atoms with Crippen molar-refractivity contribution in [3.63, 3.8) is 0 Å².